The van der Waals surface area contributed by atoms with Crippen LogP contribution in [-0.2, 0) is 16.1 Å². The minimum atomic E-state index is -1.73. The minimum absolute atomic E-state index is 0.0492. The molecule has 32 heavy (non-hydrogen) atoms. The summed E-state index contributed by atoms with van der Waals surface area (Å²) < 4.78 is 16.7. The van der Waals surface area contributed by atoms with Crippen LogP contribution in [0.25, 0.3) is 0 Å². The molecule has 3 fully saturated rings. The molecule has 0 aromatic carbocycles. The van der Waals surface area contributed by atoms with Crippen LogP contribution in [0.5, 0.6) is 0 Å². The Morgan fingerprint density at radius 2 is 2.06 bits per heavy atom. The lowest BCUT2D eigenvalue weighted by atomic mass is 9.70. The van der Waals surface area contributed by atoms with Gasteiger partial charge in [-0.25, -0.2) is 4.39 Å². The number of hydrogen-bond donors (Lipinski definition) is 0. The van der Waals surface area contributed by atoms with Crippen molar-refractivity contribution in [1.82, 2.24) is 24.6 Å². The highest BCUT2D eigenvalue weighted by molar-refractivity contribution is 5.91. The van der Waals surface area contributed by atoms with E-state index >= 15 is 0 Å². The molecule has 2 saturated heterocycles. The third-order valence-electron chi connectivity index (χ3n) is 7.31. The second kappa shape index (κ2) is 7.67. The zero-order valence-corrected chi connectivity index (χ0v) is 18.7. The van der Waals surface area contributed by atoms with Crippen LogP contribution in [0.2, 0.25) is 0 Å². The Labute approximate surface area is 187 Å². The fourth-order valence-corrected chi connectivity index (χ4v) is 5.52. The van der Waals surface area contributed by atoms with Crippen LogP contribution >= 0.6 is 0 Å². The van der Waals surface area contributed by atoms with Crippen molar-refractivity contribution in [3.05, 3.63) is 48.0 Å². The first-order valence-corrected chi connectivity index (χ1v) is 11.5. The number of alkyl halides is 1. The minimum Gasteiger partial charge on any atom is -0.338 e. The van der Waals surface area contributed by atoms with E-state index in [4.69, 9.17) is 0 Å². The average molecular weight is 440 g/mol. The lowest BCUT2D eigenvalue weighted by molar-refractivity contribution is -0.148. The quantitative estimate of drug-likeness (QED) is 0.718. The highest BCUT2D eigenvalue weighted by Gasteiger charge is 2.61. The van der Waals surface area contributed by atoms with Gasteiger partial charge in [0.1, 0.15) is 0 Å². The molecule has 8 heteroatoms. The molecule has 2 aromatic heterocycles. The summed E-state index contributed by atoms with van der Waals surface area (Å²) in [4.78, 5) is 34.7. The summed E-state index contributed by atoms with van der Waals surface area (Å²) in [5.41, 5.74) is -0.556. The molecule has 1 spiro atoms. The van der Waals surface area contributed by atoms with E-state index in [1.54, 1.807) is 23.5 Å². The third-order valence-corrected chi connectivity index (χ3v) is 7.31. The number of piperidine rings is 1. The number of nitrogens with zero attached hydrogens (tertiary/aromatic N) is 5. The first-order valence-electron chi connectivity index (χ1n) is 11.5. The maximum atomic E-state index is 14.7. The summed E-state index contributed by atoms with van der Waals surface area (Å²) in [6, 6.07) is 5.92. The molecule has 1 aliphatic carbocycles. The largest absolute Gasteiger partial charge is 0.338 e. The Kier molecular flexibility index (Phi) is 5.06. The molecule has 0 bridgehead atoms. The maximum absolute atomic E-state index is 14.7. The molecule has 2 aromatic rings. The topological polar surface area (TPSA) is 71.3 Å². The highest BCUT2D eigenvalue weighted by atomic mass is 19.1. The van der Waals surface area contributed by atoms with Gasteiger partial charge in [0.05, 0.1) is 5.41 Å². The monoisotopic (exact) mass is 439 g/mol. The number of rotatable bonds is 5. The summed E-state index contributed by atoms with van der Waals surface area (Å²) in [6.07, 6.45) is 7.36. The number of carbonyl (C=O) groups excluding carboxylic acids is 2. The van der Waals surface area contributed by atoms with E-state index in [-0.39, 0.29) is 37.3 Å². The van der Waals surface area contributed by atoms with E-state index in [9.17, 15) is 14.0 Å². The van der Waals surface area contributed by atoms with Crippen molar-refractivity contribution in [2.24, 2.45) is 5.41 Å². The van der Waals surface area contributed by atoms with Gasteiger partial charge in [-0.1, -0.05) is 6.07 Å². The molecule has 0 N–H and O–H groups in total. The van der Waals surface area contributed by atoms with Crippen LogP contribution in [0.4, 0.5) is 4.39 Å². The lowest BCUT2D eigenvalue weighted by Crippen LogP contribution is -2.52. The van der Waals surface area contributed by atoms with Crippen molar-refractivity contribution >= 4 is 11.8 Å². The van der Waals surface area contributed by atoms with Gasteiger partial charge in [0.15, 0.2) is 5.67 Å². The van der Waals surface area contributed by atoms with Gasteiger partial charge >= 0.3 is 0 Å². The maximum Gasteiger partial charge on any atom is 0.260 e. The van der Waals surface area contributed by atoms with E-state index in [1.807, 2.05) is 27.8 Å². The fourth-order valence-electron chi connectivity index (χ4n) is 5.52. The SMILES string of the molecule is CC(C)n1nccc1[C@@H]1CN(C(=O)C2(F)CC2)C[C@]12CCCN(Cc1cccnc1)C2=O. The van der Waals surface area contributed by atoms with Crippen molar-refractivity contribution in [2.45, 2.75) is 63.7 Å². The summed E-state index contributed by atoms with van der Waals surface area (Å²) in [5.74, 6) is -0.608. The Balaban J connectivity index is 1.51. The van der Waals surface area contributed by atoms with Gasteiger partial charge < -0.3 is 9.80 Å². The molecule has 2 aliphatic heterocycles. The molecule has 2 atom stereocenters. The van der Waals surface area contributed by atoms with Gasteiger partial charge in [0, 0.05) is 62.4 Å². The Hall–Kier alpha value is -2.77. The molecule has 3 aliphatic rings. The third kappa shape index (κ3) is 3.40. The Bertz CT molecular complexity index is 1020. The van der Waals surface area contributed by atoms with Crippen LogP contribution < -0.4 is 0 Å². The highest BCUT2D eigenvalue weighted by Crippen LogP contribution is 2.52. The van der Waals surface area contributed by atoms with E-state index in [0.717, 1.165) is 17.7 Å². The van der Waals surface area contributed by atoms with E-state index in [0.29, 0.717) is 26.1 Å². The number of hydrogen-bond acceptors (Lipinski definition) is 4. The fraction of sp³-hybridized carbons (Fsp3) is 0.583. The normalized spacial score (nSPS) is 26.9. The summed E-state index contributed by atoms with van der Waals surface area (Å²) >= 11 is 0. The molecule has 4 heterocycles. The van der Waals surface area contributed by atoms with Crippen molar-refractivity contribution in [1.29, 1.82) is 0 Å². The lowest BCUT2D eigenvalue weighted by Gasteiger charge is -2.42. The predicted octanol–water partition coefficient (Wildman–Crippen LogP) is 3.10. The number of amides is 2. The number of carbonyl (C=O) groups is 2. The summed E-state index contributed by atoms with van der Waals surface area (Å²) in [6.45, 7) is 5.90. The van der Waals surface area contributed by atoms with Crippen molar-refractivity contribution < 1.29 is 14.0 Å². The van der Waals surface area contributed by atoms with E-state index < -0.39 is 17.0 Å². The van der Waals surface area contributed by atoms with Crippen LogP contribution in [0, 0.1) is 5.41 Å². The van der Waals surface area contributed by atoms with Crippen LogP contribution in [0.1, 0.15) is 62.7 Å². The number of halogens is 1. The van der Waals surface area contributed by atoms with Gasteiger partial charge in [0.25, 0.3) is 5.91 Å². The first-order chi connectivity index (χ1) is 15.3. The predicted molar refractivity (Wildman–Crippen MR) is 116 cm³/mol. The standard InChI is InChI=1S/C24H30FN5O2/c1-17(2)30-20(6-11-27-30)19-15-29(22(32)24(25)8-9-24)16-23(19)7-4-12-28(21(23)31)14-18-5-3-10-26-13-18/h3,5-6,10-11,13,17,19H,4,7-9,12,14-16H2,1-2H3/t19-,23+/m0/s1. The van der Waals surface area contributed by atoms with Gasteiger partial charge in [-0.05, 0) is 57.2 Å². The molecule has 0 unspecified atom stereocenters. The van der Waals surface area contributed by atoms with Gasteiger partial charge in [-0.15, -0.1) is 0 Å². The second-order valence-corrected chi connectivity index (χ2v) is 9.85. The average Bonchev–Trinajstić information content (AvgIpc) is 3.20. The van der Waals surface area contributed by atoms with Crippen LogP contribution in [0.15, 0.2) is 36.8 Å². The van der Waals surface area contributed by atoms with Crippen LogP contribution in [-0.4, -0.2) is 61.7 Å². The molecule has 7 nitrogen and oxygen atoms in total. The molecular weight excluding hydrogens is 409 g/mol. The second-order valence-electron chi connectivity index (χ2n) is 9.85. The Morgan fingerprint density at radius 3 is 2.75 bits per heavy atom. The van der Waals surface area contributed by atoms with Crippen molar-refractivity contribution in [2.75, 3.05) is 19.6 Å². The van der Waals surface area contributed by atoms with Crippen LogP contribution in [0.3, 0.4) is 0 Å². The van der Waals surface area contributed by atoms with E-state index in [1.165, 1.54) is 0 Å². The summed E-state index contributed by atoms with van der Waals surface area (Å²) in [7, 11) is 0. The van der Waals surface area contributed by atoms with Crippen molar-refractivity contribution in [3.63, 3.8) is 0 Å². The summed E-state index contributed by atoms with van der Waals surface area (Å²) in [5, 5.41) is 4.49. The number of likely N-dealkylation sites (tertiary alicyclic amines) is 2. The molecule has 5 rings (SSSR count). The zero-order valence-electron chi connectivity index (χ0n) is 18.7. The van der Waals surface area contributed by atoms with Gasteiger partial charge in [-0.3, -0.25) is 19.3 Å². The molecule has 0 radical (unpaired) electrons. The van der Waals surface area contributed by atoms with Gasteiger partial charge in [0.2, 0.25) is 5.91 Å². The molecule has 2 amide bonds. The zero-order chi connectivity index (χ0) is 22.5. The molecule has 1 saturated carbocycles. The van der Waals surface area contributed by atoms with Gasteiger partial charge in [-0.2, -0.15) is 5.10 Å². The smallest absolute Gasteiger partial charge is 0.260 e. The van der Waals surface area contributed by atoms with E-state index in [2.05, 4.69) is 23.9 Å². The van der Waals surface area contributed by atoms with Crippen molar-refractivity contribution in [3.8, 4) is 0 Å². The molecule has 170 valence electrons. The number of pyridine rings is 1. The Morgan fingerprint density at radius 1 is 1.25 bits per heavy atom. The first kappa shape index (κ1) is 21.1. The number of aromatic nitrogens is 3. The molecular formula is C24H30FN5O2.